The van der Waals surface area contributed by atoms with E-state index in [-0.39, 0.29) is 11.5 Å². The number of phenolic OH excluding ortho intramolecular Hbond substituents is 2. The fraction of sp³-hybridized carbons (Fsp3) is 0.167. The molecule has 0 unspecified atom stereocenters. The highest BCUT2D eigenvalue weighted by Crippen LogP contribution is 2.24. The summed E-state index contributed by atoms with van der Waals surface area (Å²) in [4.78, 5) is 7.91. The Morgan fingerprint density at radius 2 is 1.94 bits per heavy atom. The third kappa shape index (κ3) is 3.15. The van der Waals surface area contributed by atoms with E-state index >= 15 is 0 Å². The average Bonchev–Trinajstić information content (AvgIpc) is 2.35. The van der Waals surface area contributed by atoms with E-state index in [4.69, 9.17) is 5.11 Å². The summed E-state index contributed by atoms with van der Waals surface area (Å²) in [5.74, 6) is -0.212. The Labute approximate surface area is 98.8 Å². The predicted octanol–water partition coefficient (Wildman–Crippen LogP) is 1.18. The smallest absolute Gasteiger partial charge is 0.157 e. The molecule has 0 atom stereocenters. The zero-order chi connectivity index (χ0) is 12.1. The van der Waals surface area contributed by atoms with Gasteiger partial charge in [-0.25, -0.2) is 9.97 Å². The Bertz CT molecular complexity index is 488. The molecule has 5 heteroatoms. The second-order valence-corrected chi connectivity index (χ2v) is 3.63. The summed E-state index contributed by atoms with van der Waals surface area (Å²) in [6, 6.07) is 6.59. The molecule has 3 N–H and O–H groups in total. The van der Waals surface area contributed by atoms with Crippen LogP contribution in [-0.4, -0.2) is 20.2 Å². The molecule has 2 rings (SSSR count). The SMILES string of the molecule is Oc1ccc(CNCc2ccncn2)cc1O. The normalized spacial score (nSPS) is 10.4. The fourth-order valence-corrected chi connectivity index (χ4v) is 1.44. The van der Waals surface area contributed by atoms with Gasteiger partial charge in [-0.15, -0.1) is 0 Å². The minimum atomic E-state index is -0.107. The van der Waals surface area contributed by atoms with E-state index in [2.05, 4.69) is 15.3 Å². The van der Waals surface area contributed by atoms with Crippen molar-refractivity contribution in [1.29, 1.82) is 0 Å². The van der Waals surface area contributed by atoms with Crippen LogP contribution in [0.25, 0.3) is 0 Å². The van der Waals surface area contributed by atoms with E-state index in [0.29, 0.717) is 13.1 Å². The predicted molar refractivity (Wildman–Crippen MR) is 62.3 cm³/mol. The highest BCUT2D eigenvalue weighted by atomic mass is 16.3. The van der Waals surface area contributed by atoms with Gasteiger partial charge in [-0.2, -0.15) is 0 Å². The molecule has 1 heterocycles. The minimum Gasteiger partial charge on any atom is -0.504 e. The number of aromatic hydroxyl groups is 2. The lowest BCUT2D eigenvalue weighted by Crippen LogP contribution is -2.13. The van der Waals surface area contributed by atoms with E-state index in [9.17, 15) is 5.11 Å². The molecule has 0 fully saturated rings. The van der Waals surface area contributed by atoms with Crippen LogP contribution in [0.2, 0.25) is 0 Å². The van der Waals surface area contributed by atoms with Crippen LogP contribution in [0.5, 0.6) is 11.5 Å². The first-order valence-corrected chi connectivity index (χ1v) is 5.22. The molecule has 2 aromatic rings. The highest BCUT2D eigenvalue weighted by molar-refractivity contribution is 5.40. The number of hydrogen-bond donors (Lipinski definition) is 3. The summed E-state index contributed by atoms with van der Waals surface area (Å²) in [6.45, 7) is 1.22. The van der Waals surface area contributed by atoms with E-state index in [1.165, 1.54) is 18.5 Å². The Hall–Kier alpha value is -2.14. The van der Waals surface area contributed by atoms with Crippen LogP contribution in [0.4, 0.5) is 0 Å². The van der Waals surface area contributed by atoms with Gasteiger partial charge in [-0.1, -0.05) is 6.07 Å². The molecule has 17 heavy (non-hydrogen) atoms. The van der Waals surface area contributed by atoms with Crippen molar-refractivity contribution in [2.24, 2.45) is 0 Å². The molecule has 0 radical (unpaired) electrons. The molecule has 0 saturated carbocycles. The Morgan fingerprint density at radius 1 is 1.06 bits per heavy atom. The van der Waals surface area contributed by atoms with Gasteiger partial charge >= 0.3 is 0 Å². The van der Waals surface area contributed by atoms with Gasteiger partial charge in [0, 0.05) is 19.3 Å². The lowest BCUT2D eigenvalue weighted by molar-refractivity contribution is 0.403. The van der Waals surface area contributed by atoms with Crippen molar-refractivity contribution in [2.75, 3.05) is 0 Å². The summed E-state index contributed by atoms with van der Waals surface area (Å²) in [5.41, 5.74) is 1.80. The van der Waals surface area contributed by atoms with Gasteiger partial charge in [0.15, 0.2) is 11.5 Å². The van der Waals surface area contributed by atoms with Crippen LogP contribution >= 0.6 is 0 Å². The van der Waals surface area contributed by atoms with Crippen molar-refractivity contribution in [1.82, 2.24) is 15.3 Å². The van der Waals surface area contributed by atoms with Crippen molar-refractivity contribution in [3.8, 4) is 11.5 Å². The maximum absolute atomic E-state index is 9.32. The quantitative estimate of drug-likeness (QED) is 0.689. The minimum absolute atomic E-state index is 0.105. The molecule has 0 spiro atoms. The van der Waals surface area contributed by atoms with Crippen LogP contribution in [0.1, 0.15) is 11.3 Å². The summed E-state index contributed by atoms with van der Waals surface area (Å²) in [7, 11) is 0. The maximum Gasteiger partial charge on any atom is 0.157 e. The molecule has 0 bridgehead atoms. The molecular formula is C12H13N3O2. The second kappa shape index (κ2) is 5.27. The fourth-order valence-electron chi connectivity index (χ4n) is 1.44. The summed E-state index contributed by atoms with van der Waals surface area (Å²) < 4.78 is 0. The van der Waals surface area contributed by atoms with Crippen molar-refractivity contribution in [2.45, 2.75) is 13.1 Å². The summed E-state index contributed by atoms with van der Waals surface area (Å²) >= 11 is 0. The molecule has 0 aliphatic rings. The summed E-state index contributed by atoms with van der Waals surface area (Å²) in [6.07, 6.45) is 3.19. The third-order valence-electron chi connectivity index (χ3n) is 2.32. The molecular weight excluding hydrogens is 218 g/mol. The van der Waals surface area contributed by atoms with Crippen molar-refractivity contribution >= 4 is 0 Å². The molecule has 1 aromatic carbocycles. The second-order valence-electron chi connectivity index (χ2n) is 3.63. The van der Waals surface area contributed by atoms with E-state index in [0.717, 1.165) is 11.3 Å². The van der Waals surface area contributed by atoms with E-state index in [1.54, 1.807) is 12.3 Å². The maximum atomic E-state index is 9.32. The first kappa shape index (κ1) is 11.3. The van der Waals surface area contributed by atoms with Crippen LogP contribution in [0.15, 0.2) is 36.8 Å². The van der Waals surface area contributed by atoms with Crippen LogP contribution in [0.3, 0.4) is 0 Å². The molecule has 0 saturated heterocycles. The van der Waals surface area contributed by atoms with E-state index < -0.39 is 0 Å². The van der Waals surface area contributed by atoms with Crippen LogP contribution in [0, 0.1) is 0 Å². The van der Waals surface area contributed by atoms with Gasteiger partial charge in [0.2, 0.25) is 0 Å². The zero-order valence-corrected chi connectivity index (χ0v) is 9.17. The number of nitrogens with zero attached hydrogens (tertiary/aromatic N) is 2. The van der Waals surface area contributed by atoms with Crippen LogP contribution < -0.4 is 5.32 Å². The standard InChI is InChI=1S/C12H13N3O2/c16-11-2-1-9(5-12(11)17)6-14-7-10-3-4-13-8-15-10/h1-5,8,14,16-17H,6-7H2. The van der Waals surface area contributed by atoms with Crippen molar-refractivity contribution in [3.05, 3.63) is 48.0 Å². The number of benzene rings is 1. The molecule has 0 aliphatic carbocycles. The first-order chi connectivity index (χ1) is 8.25. The average molecular weight is 231 g/mol. The van der Waals surface area contributed by atoms with Gasteiger partial charge in [0.05, 0.1) is 5.69 Å². The van der Waals surface area contributed by atoms with E-state index in [1.807, 2.05) is 6.07 Å². The van der Waals surface area contributed by atoms with Gasteiger partial charge in [0.25, 0.3) is 0 Å². The lowest BCUT2D eigenvalue weighted by atomic mass is 10.2. The third-order valence-corrected chi connectivity index (χ3v) is 2.32. The number of rotatable bonds is 4. The molecule has 1 aromatic heterocycles. The van der Waals surface area contributed by atoms with Crippen molar-refractivity contribution in [3.63, 3.8) is 0 Å². The first-order valence-electron chi connectivity index (χ1n) is 5.22. The molecule has 0 aliphatic heterocycles. The molecule has 0 amide bonds. The zero-order valence-electron chi connectivity index (χ0n) is 9.17. The Balaban J connectivity index is 1.88. The Kier molecular flexibility index (Phi) is 3.52. The van der Waals surface area contributed by atoms with Gasteiger partial charge in [-0.05, 0) is 23.8 Å². The molecule has 88 valence electrons. The highest BCUT2D eigenvalue weighted by Gasteiger charge is 2.00. The molecule has 5 nitrogen and oxygen atoms in total. The number of hydrogen-bond acceptors (Lipinski definition) is 5. The Morgan fingerprint density at radius 3 is 2.65 bits per heavy atom. The van der Waals surface area contributed by atoms with Gasteiger partial charge < -0.3 is 15.5 Å². The van der Waals surface area contributed by atoms with Crippen LogP contribution in [-0.2, 0) is 13.1 Å². The monoisotopic (exact) mass is 231 g/mol. The number of phenols is 2. The van der Waals surface area contributed by atoms with Gasteiger partial charge in [-0.3, -0.25) is 0 Å². The number of aromatic nitrogens is 2. The topological polar surface area (TPSA) is 78.3 Å². The van der Waals surface area contributed by atoms with Gasteiger partial charge in [0.1, 0.15) is 6.33 Å². The number of nitrogens with one attached hydrogen (secondary N) is 1. The summed E-state index contributed by atoms with van der Waals surface area (Å²) in [5, 5.41) is 21.7. The largest absolute Gasteiger partial charge is 0.504 e. The van der Waals surface area contributed by atoms with Crippen molar-refractivity contribution < 1.29 is 10.2 Å². The lowest BCUT2D eigenvalue weighted by Gasteiger charge is -2.05.